The third-order valence-electron chi connectivity index (χ3n) is 4.33. The number of aryl methyl sites for hydroxylation is 1. The van der Waals surface area contributed by atoms with Crippen LogP contribution in [0.15, 0.2) is 64.9 Å². The van der Waals surface area contributed by atoms with Crippen molar-refractivity contribution in [3.8, 4) is 5.69 Å². The van der Waals surface area contributed by atoms with Crippen LogP contribution in [0.3, 0.4) is 0 Å². The fraction of sp³-hybridized carbons (Fsp3) is 0.150. The van der Waals surface area contributed by atoms with Crippen molar-refractivity contribution in [1.82, 2.24) is 18.9 Å². The second kappa shape index (κ2) is 7.21. The van der Waals surface area contributed by atoms with Gasteiger partial charge in [0.1, 0.15) is 5.65 Å². The molecule has 7 heteroatoms. The van der Waals surface area contributed by atoms with Crippen LogP contribution in [0.4, 0.5) is 0 Å². The van der Waals surface area contributed by atoms with Gasteiger partial charge in [0, 0.05) is 35.4 Å². The van der Waals surface area contributed by atoms with E-state index in [4.69, 9.17) is 11.6 Å². The van der Waals surface area contributed by atoms with Gasteiger partial charge in [-0.25, -0.2) is 9.97 Å². The Morgan fingerprint density at radius 2 is 2.00 bits per heavy atom. The molecular weight excluding hydrogens is 380 g/mol. The molecule has 0 fully saturated rings. The van der Waals surface area contributed by atoms with Gasteiger partial charge >= 0.3 is 0 Å². The molecule has 0 aliphatic rings. The highest BCUT2D eigenvalue weighted by molar-refractivity contribution is 7.98. The number of fused-ring (bicyclic) bond motifs is 1. The van der Waals surface area contributed by atoms with Crippen LogP contribution in [0.2, 0.25) is 5.02 Å². The van der Waals surface area contributed by atoms with Gasteiger partial charge in [-0.05, 0) is 49.2 Å². The van der Waals surface area contributed by atoms with E-state index in [0.29, 0.717) is 11.4 Å². The lowest BCUT2D eigenvalue weighted by Crippen LogP contribution is -2.15. The molecule has 0 saturated heterocycles. The lowest BCUT2D eigenvalue weighted by Gasteiger charge is -2.11. The van der Waals surface area contributed by atoms with Gasteiger partial charge in [-0.15, -0.1) is 0 Å². The topological polar surface area (TPSA) is 52.2 Å². The van der Waals surface area contributed by atoms with Gasteiger partial charge < -0.3 is 0 Å². The smallest absolute Gasteiger partial charge is 0.258 e. The maximum atomic E-state index is 12.3. The molecule has 1 aromatic carbocycles. The molecule has 0 amide bonds. The normalized spacial score (nSPS) is 11.2. The van der Waals surface area contributed by atoms with E-state index in [1.807, 2.05) is 54.9 Å². The zero-order valence-corrected chi connectivity index (χ0v) is 16.5. The molecule has 27 heavy (non-hydrogen) atoms. The molecule has 3 heterocycles. The molecule has 136 valence electrons. The second-order valence-electron chi connectivity index (χ2n) is 6.27. The summed E-state index contributed by atoms with van der Waals surface area (Å²) in [5, 5.41) is 1.54. The Hall–Kier alpha value is -2.57. The molecular formula is C20H17ClN4OS. The van der Waals surface area contributed by atoms with Crippen molar-refractivity contribution in [2.24, 2.45) is 0 Å². The summed E-state index contributed by atoms with van der Waals surface area (Å²) < 4.78 is 3.56. The predicted octanol–water partition coefficient (Wildman–Crippen LogP) is 4.44. The molecule has 3 aromatic heterocycles. The Balaban J connectivity index is 1.64. The highest BCUT2D eigenvalue weighted by Crippen LogP contribution is 2.27. The maximum absolute atomic E-state index is 12.3. The molecule has 0 aliphatic heterocycles. The summed E-state index contributed by atoms with van der Waals surface area (Å²) in [4.78, 5) is 21.4. The van der Waals surface area contributed by atoms with Crippen molar-refractivity contribution in [3.05, 3.63) is 87.2 Å². The monoisotopic (exact) mass is 396 g/mol. The number of nitrogens with zero attached hydrogens (tertiary/aromatic N) is 4. The zero-order chi connectivity index (χ0) is 19.0. The summed E-state index contributed by atoms with van der Waals surface area (Å²) in [6.07, 6.45) is 5.42. The van der Waals surface area contributed by atoms with Crippen molar-refractivity contribution in [1.29, 1.82) is 0 Å². The Bertz CT molecular complexity index is 1200. The summed E-state index contributed by atoms with van der Waals surface area (Å²) in [6.45, 7) is 3.97. The number of aromatic nitrogens is 4. The molecule has 4 rings (SSSR count). The number of thioether (sulfide) groups is 1. The highest BCUT2D eigenvalue weighted by Gasteiger charge is 2.11. The number of rotatable bonds is 4. The summed E-state index contributed by atoms with van der Waals surface area (Å²) in [5.74, 6) is 0.552. The van der Waals surface area contributed by atoms with Crippen LogP contribution in [0.5, 0.6) is 0 Å². The molecule has 0 unspecified atom stereocenters. The van der Waals surface area contributed by atoms with E-state index in [-0.39, 0.29) is 5.56 Å². The van der Waals surface area contributed by atoms with Gasteiger partial charge in [-0.1, -0.05) is 29.4 Å². The molecule has 4 aromatic rings. The molecule has 0 saturated carbocycles. The largest absolute Gasteiger partial charge is 0.295 e. The van der Waals surface area contributed by atoms with Gasteiger partial charge in [0.05, 0.1) is 11.4 Å². The van der Waals surface area contributed by atoms with Crippen LogP contribution in [0.25, 0.3) is 11.3 Å². The minimum absolute atomic E-state index is 0.0790. The third kappa shape index (κ3) is 3.50. The lowest BCUT2D eigenvalue weighted by atomic mass is 10.2. The molecule has 5 nitrogen and oxygen atoms in total. The van der Waals surface area contributed by atoms with Crippen LogP contribution in [0.1, 0.15) is 16.8 Å². The first-order valence-corrected chi connectivity index (χ1v) is 9.80. The Kier molecular flexibility index (Phi) is 4.76. The minimum atomic E-state index is -0.0790. The fourth-order valence-electron chi connectivity index (χ4n) is 2.90. The van der Waals surface area contributed by atoms with Gasteiger partial charge in [0.15, 0.2) is 5.16 Å². The standard InChI is InChI=1S/C20H17ClN4OS/c1-13-6-8-25-18(10-13)23-15(11-19(25)26)12-27-20-22-7-9-24(20)17-5-3-4-16(21)14(17)2/h3-11H,12H2,1-2H3. The lowest BCUT2D eigenvalue weighted by molar-refractivity contribution is 0.886. The Labute approximate surface area is 165 Å². The van der Waals surface area contributed by atoms with Gasteiger partial charge in [0.2, 0.25) is 0 Å². The van der Waals surface area contributed by atoms with Crippen LogP contribution in [-0.2, 0) is 5.75 Å². The maximum Gasteiger partial charge on any atom is 0.258 e. The van der Waals surface area contributed by atoms with Crippen LogP contribution >= 0.6 is 23.4 Å². The fourth-order valence-corrected chi connectivity index (χ4v) is 3.93. The van der Waals surface area contributed by atoms with E-state index in [1.54, 1.807) is 22.9 Å². The van der Waals surface area contributed by atoms with Crippen LogP contribution < -0.4 is 5.56 Å². The Morgan fingerprint density at radius 1 is 1.15 bits per heavy atom. The van der Waals surface area contributed by atoms with Crippen LogP contribution in [-0.4, -0.2) is 18.9 Å². The van der Waals surface area contributed by atoms with Gasteiger partial charge in [0.25, 0.3) is 5.56 Å². The van der Waals surface area contributed by atoms with Gasteiger partial charge in [-0.3, -0.25) is 13.8 Å². The van der Waals surface area contributed by atoms with Gasteiger partial charge in [-0.2, -0.15) is 0 Å². The molecule has 0 atom stereocenters. The van der Waals surface area contributed by atoms with E-state index >= 15 is 0 Å². The van der Waals surface area contributed by atoms with E-state index in [9.17, 15) is 4.79 Å². The SMILES string of the molecule is Cc1ccn2c(=O)cc(CSc3nccn3-c3cccc(Cl)c3C)nc2c1. The summed E-state index contributed by atoms with van der Waals surface area (Å²) >= 11 is 7.79. The molecule has 0 aliphatic carbocycles. The van der Waals surface area contributed by atoms with Crippen molar-refractivity contribution < 1.29 is 0 Å². The number of benzene rings is 1. The molecule has 0 radical (unpaired) electrons. The summed E-state index contributed by atoms with van der Waals surface area (Å²) in [7, 11) is 0. The van der Waals surface area contributed by atoms with Crippen molar-refractivity contribution >= 4 is 29.0 Å². The van der Waals surface area contributed by atoms with Crippen molar-refractivity contribution in [3.63, 3.8) is 0 Å². The minimum Gasteiger partial charge on any atom is -0.295 e. The average Bonchev–Trinajstić information content (AvgIpc) is 3.10. The van der Waals surface area contributed by atoms with Crippen molar-refractivity contribution in [2.45, 2.75) is 24.8 Å². The molecule has 0 N–H and O–H groups in total. The van der Waals surface area contributed by atoms with E-state index in [1.165, 1.54) is 11.8 Å². The molecule has 0 bridgehead atoms. The molecule has 0 spiro atoms. The first-order chi connectivity index (χ1) is 13.0. The van der Waals surface area contributed by atoms with E-state index in [0.717, 1.165) is 32.7 Å². The first-order valence-electron chi connectivity index (χ1n) is 8.43. The predicted molar refractivity (Wildman–Crippen MR) is 109 cm³/mol. The number of hydrogen-bond donors (Lipinski definition) is 0. The Morgan fingerprint density at radius 3 is 2.85 bits per heavy atom. The van der Waals surface area contributed by atoms with Crippen LogP contribution in [0, 0.1) is 13.8 Å². The first kappa shape index (κ1) is 17.8. The summed E-state index contributed by atoms with van der Waals surface area (Å²) in [6, 6.07) is 11.2. The zero-order valence-electron chi connectivity index (χ0n) is 14.9. The average molecular weight is 397 g/mol. The number of pyridine rings is 1. The summed E-state index contributed by atoms with van der Waals surface area (Å²) in [5.41, 5.74) is 4.37. The number of imidazole rings is 1. The second-order valence-corrected chi connectivity index (χ2v) is 7.62. The van der Waals surface area contributed by atoms with E-state index in [2.05, 4.69) is 9.97 Å². The van der Waals surface area contributed by atoms with Crippen molar-refractivity contribution in [2.75, 3.05) is 0 Å². The highest BCUT2D eigenvalue weighted by atomic mass is 35.5. The third-order valence-corrected chi connectivity index (χ3v) is 5.74. The van der Waals surface area contributed by atoms with E-state index < -0.39 is 0 Å². The quantitative estimate of drug-likeness (QED) is 0.478. The number of halogens is 1. The number of hydrogen-bond acceptors (Lipinski definition) is 4.